The normalized spacial score (nSPS) is 12.3. The molecule has 0 aliphatic heterocycles. The topological polar surface area (TPSA) is 28.7 Å². The van der Waals surface area contributed by atoms with E-state index in [4.69, 9.17) is 11.6 Å². The number of rotatable bonds is 3. The fraction of sp³-hybridized carbons (Fsp3) is 0.0625. The first-order valence-corrected chi connectivity index (χ1v) is 6.52. The number of aromatic nitrogens is 2. The number of hydrogen-bond acceptors (Lipinski definition) is 1. The summed E-state index contributed by atoms with van der Waals surface area (Å²) in [7, 11) is 0. The molecule has 0 saturated carbocycles. The first kappa shape index (κ1) is 12.0. The molecule has 0 unspecified atom stereocenters. The molecule has 0 amide bonds. The molecule has 1 atom stereocenters. The van der Waals surface area contributed by atoms with Crippen LogP contribution in [-0.2, 0) is 0 Å². The van der Waals surface area contributed by atoms with Gasteiger partial charge in [-0.3, -0.25) is 0 Å². The van der Waals surface area contributed by atoms with Gasteiger partial charge in [0.15, 0.2) is 0 Å². The van der Waals surface area contributed by atoms with Crippen molar-refractivity contribution in [3.63, 3.8) is 0 Å². The maximum atomic E-state index is 5.96. The monoisotopic (exact) mass is 268 g/mol. The predicted octanol–water partition coefficient (Wildman–Crippen LogP) is 4.24. The molecule has 2 nitrogen and oxygen atoms in total. The number of halogens is 1. The van der Waals surface area contributed by atoms with Gasteiger partial charge >= 0.3 is 0 Å². The molecule has 1 heterocycles. The Balaban J connectivity index is 2.10. The molecule has 1 aromatic heterocycles. The third-order valence-corrected chi connectivity index (χ3v) is 3.38. The zero-order valence-electron chi connectivity index (χ0n) is 10.3. The summed E-state index contributed by atoms with van der Waals surface area (Å²) in [5.41, 5.74) is 2.38. The van der Waals surface area contributed by atoms with E-state index in [1.54, 1.807) is 6.20 Å². The molecule has 0 spiro atoms. The van der Waals surface area contributed by atoms with E-state index in [-0.39, 0.29) is 5.92 Å². The van der Waals surface area contributed by atoms with Gasteiger partial charge in [0.1, 0.15) is 5.82 Å². The molecule has 0 saturated heterocycles. The highest BCUT2D eigenvalue weighted by Crippen LogP contribution is 2.30. The minimum Gasteiger partial charge on any atom is -0.348 e. The largest absolute Gasteiger partial charge is 0.348 e. The SMILES string of the molecule is Clc1ccc([C@@H](c2ccccc2)c2ncc[nH]2)cc1. The third kappa shape index (κ3) is 2.54. The summed E-state index contributed by atoms with van der Waals surface area (Å²) in [6, 6.07) is 18.2. The van der Waals surface area contributed by atoms with Gasteiger partial charge in [0.2, 0.25) is 0 Å². The summed E-state index contributed by atoms with van der Waals surface area (Å²) in [5, 5.41) is 0.745. The summed E-state index contributed by atoms with van der Waals surface area (Å²) in [5.74, 6) is 1.04. The molecule has 1 N–H and O–H groups in total. The maximum Gasteiger partial charge on any atom is 0.118 e. The minimum absolute atomic E-state index is 0.105. The van der Waals surface area contributed by atoms with Crippen molar-refractivity contribution < 1.29 is 0 Å². The second-order valence-electron chi connectivity index (χ2n) is 4.37. The molecule has 0 aliphatic carbocycles. The Morgan fingerprint density at radius 2 is 1.58 bits per heavy atom. The van der Waals surface area contributed by atoms with Crippen LogP contribution in [0.25, 0.3) is 0 Å². The lowest BCUT2D eigenvalue weighted by Crippen LogP contribution is -2.05. The van der Waals surface area contributed by atoms with Crippen molar-refractivity contribution in [2.75, 3.05) is 0 Å². The van der Waals surface area contributed by atoms with Gasteiger partial charge in [0, 0.05) is 17.4 Å². The Bertz CT molecular complexity index is 630. The molecule has 3 rings (SSSR count). The van der Waals surface area contributed by atoms with Crippen LogP contribution in [0.1, 0.15) is 22.9 Å². The zero-order chi connectivity index (χ0) is 13.1. The van der Waals surface area contributed by atoms with E-state index < -0.39 is 0 Å². The number of imidazole rings is 1. The van der Waals surface area contributed by atoms with Crippen LogP contribution in [0, 0.1) is 0 Å². The Morgan fingerprint density at radius 3 is 2.21 bits per heavy atom. The Hall–Kier alpha value is -2.06. The fourth-order valence-electron chi connectivity index (χ4n) is 2.24. The Kier molecular flexibility index (Phi) is 3.34. The van der Waals surface area contributed by atoms with Crippen LogP contribution in [0.2, 0.25) is 5.02 Å². The second-order valence-corrected chi connectivity index (χ2v) is 4.81. The summed E-state index contributed by atoms with van der Waals surface area (Å²) in [6.07, 6.45) is 3.63. The maximum absolute atomic E-state index is 5.96. The number of H-pyrrole nitrogens is 1. The van der Waals surface area contributed by atoms with Gasteiger partial charge in [-0.1, -0.05) is 54.1 Å². The van der Waals surface area contributed by atoms with Crippen molar-refractivity contribution in [3.8, 4) is 0 Å². The summed E-state index contributed by atoms with van der Waals surface area (Å²) in [6.45, 7) is 0. The lowest BCUT2D eigenvalue weighted by molar-refractivity contribution is 0.884. The van der Waals surface area contributed by atoms with Crippen LogP contribution in [0.15, 0.2) is 67.0 Å². The van der Waals surface area contributed by atoms with Crippen LogP contribution < -0.4 is 0 Å². The predicted molar refractivity (Wildman–Crippen MR) is 77.4 cm³/mol. The molecule has 0 radical (unpaired) electrons. The van der Waals surface area contributed by atoms with Crippen LogP contribution in [-0.4, -0.2) is 9.97 Å². The van der Waals surface area contributed by atoms with E-state index >= 15 is 0 Å². The molecule has 0 bridgehead atoms. The highest BCUT2D eigenvalue weighted by molar-refractivity contribution is 6.30. The van der Waals surface area contributed by atoms with Crippen molar-refractivity contribution in [1.29, 1.82) is 0 Å². The molecular weight excluding hydrogens is 256 g/mol. The first-order valence-electron chi connectivity index (χ1n) is 6.14. The van der Waals surface area contributed by atoms with Crippen molar-refractivity contribution in [2.45, 2.75) is 5.92 Å². The summed E-state index contributed by atoms with van der Waals surface area (Å²) in [4.78, 5) is 7.61. The number of aromatic amines is 1. The van der Waals surface area contributed by atoms with Crippen molar-refractivity contribution in [1.82, 2.24) is 9.97 Å². The Morgan fingerprint density at radius 1 is 0.895 bits per heavy atom. The van der Waals surface area contributed by atoms with Gasteiger partial charge in [-0.15, -0.1) is 0 Å². The molecule has 0 fully saturated rings. The quantitative estimate of drug-likeness (QED) is 0.756. The fourth-order valence-corrected chi connectivity index (χ4v) is 2.37. The number of benzene rings is 2. The summed E-state index contributed by atoms with van der Waals surface area (Å²) >= 11 is 5.96. The third-order valence-electron chi connectivity index (χ3n) is 3.13. The molecule has 3 heteroatoms. The van der Waals surface area contributed by atoms with Gasteiger partial charge in [0.05, 0.1) is 5.92 Å². The molecule has 94 valence electrons. The van der Waals surface area contributed by atoms with Crippen LogP contribution >= 0.6 is 11.6 Å². The molecular formula is C16H13ClN2. The lowest BCUT2D eigenvalue weighted by Gasteiger charge is -2.15. The van der Waals surface area contributed by atoms with Gasteiger partial charge in [-0.25, -0.2) is 4.98 Å². The van der Waals surface area contributed by atoms with Crippen molar-refractivity contribution in [2.24, 2.45) is 0 Å². The zero-order valence-corrected chi connectivity index (χ0v) is 11.0. The van der Waals surface area contributed by atoms with Gasteiger partial charge < -0.3 is 4.98 Å². The molecule has 2 aromatic carbocycles. The highest BCUT2D eigenvalue weighted by Gasteiger charge is 2.18. The van der Waals surface area contributed by atoms with E-state index in [0.29, 0.717) is 0 Å². The molecule has 0 aliphatic rings. The lowest BCUT2D eigenvalue weighted by atomic mass is 9.91. The number of hydrogen-bond donors (Lipinski definition) is 1. The average Bonchev–Trinajstić information content (AvgIpc) is 2.96. The standard InChI is InChI=1S/C16H13ClN2/c17-14-8-6-13(7-9-14)15(16-18-10-11-19-16)12-4-2-1-3-5-12/h1-11,15H,(H,18,19)/t15-/m1/s1. The van der Waals surface area contributed by atoms with Crippen LogP contribution in [0.4, 0.5) is 0 Å². The highest BCUT2D eigenvalue weighted by atomic mass is 35.5. The van der Waals surface area contributed by atoms with Gasteiger partial charge in [0.25, 0.3) is 0 Å². The van der Waals surface area contributed by atoms with Crippen molar-refractivity contribution in [3.05, 3.63) is 89.0 Å². The van der Waals surface area contributed by atoms with Gasteiger partial charge in [-0.2, -0.15) is 0 Å². The van der Waals surface area contributed by atoms with E-state index in [9.17, 15) is 0 Å². The number of nitrogens with zero attached hydrogens (tertiary/aromatic N) is 1. The van der Waals surface area contributed by atoms with Crippen molar-refractivity contribution >= 4 is 11.6 Å². The minimum atomic E-state index is 0.105. The Labute approximate surface area is 117 Å². The van der Waals surface area contributed by atoms with Gasteiger partial charge in [-0.05, 0) is 23.3 Å². The van der Waals surface area contributed by atoms with E-state index in [2.05, 4.69) is 22.1 Å². The van der Waals surface area contributed by atoms with E-state index in [0.717, 1.165) is 10.8 Å². The smallest absolute Gasteiger partial charge is 0.118 e. The second kappa shape index (κ2) is 5.29. The van der Waals surface area contributed by atoms with E-state index in [1.807, 2.05) is 48.7 Å². The molecule has 3 aromatic rings. The van der Waals surface area contributed by atoms with E-state index in [1.165, 1.54) is 11.1 Å². The molecule has 19 heavy (non-hydrogen) atoms. The van der Waals surface area contributed by atoms with Crippen LogP contribution in [0.3, 0.4) is 0 Å². The first-order chi connectivity index (χ1) is 9.34. The van der Waals surface area contributed by atoms with Crippen LogP contribution in [0.5, 0.6) is 0 Å². The number of nitrogens with one attached hydrogen (secondary N) is 1. The summed E-state index contributed by atoms with van der Waals surface area (Å²) < 4.78 is 0. The average molecular weight is 269 g/mol.